The molecule has 0 saturated carbocycles. The van der Waals surface area contributed by atoms with E-state index in [0.717, 1.165) is 5.56 Å². The van der Waals surface area contributed by atoms with Crippen LogP contribution in [0.4, 0.5) is 4.39 Å². The molecule has 0 radical (unpaired) electrons. The Bertz CT molecular complexity index is 1320. The van der Waals surface area contributed by atoms with E-state index in [2.05, 4.69) is 0 Å². The van der Waals surface area contributed by atoms with Crippen molar-refractivity contribution in [3.8, 4) is 11.5 Å². The first-order valence-corrected chi connectivity index (χ1v) is 11.2. The summed E-state index contributed by atoms with van der Waals surface area (Å²) in [6, 6.07) is 14.4. The summed E-state index contributed by atoms with van der Waals surface area (Å²) in [5.41, 5.74) is 0.832. The molecule has 3 heterocycles. The summed E-state index contributed by atoms with van der Waals surface area (Å²) < 4.78 is 21.7. The van der Waals surface area contributed by atoms with Crippen molar-refractivity contribution in [2.45, 2.75) is 25.4 Å². The van der Waals surface area contributed by atoms with E-state index in [1.165, 1.54) is 29.1 Å². The van der Waals surface area contributed by atoms with E-state index in [-0.39, 0.29) is 25.0 Å². The molecule has 3 aromatic rings. The van der Waals surface area contributed by atoms with Gasteiger partial charge in [0.1, 0.15) is 30.9 Å². The van der Waals surface area contributed by atoms with Gasteiger partial charge in [-0.25, -0.2) is 4.39 Å². The Kier molecular flexibility index (Phi) is 5.57. The average molecular weight is 461 g/mol. The number of carbonyl (C=O) groups is 1. The van der Waals surface area contributed by atoms with Crippen molar-refractivity contribution in [2.75, 3.05) is 18.3 Å². The number of aromatic nitrogens is 1. The number of hydrogen-bond acceptors (Lipinski definition) is 5. The minimum absolute atomic E-state index is 0.102. The Labute approximate surface area is 195 Å². The van der Waals surface area contributed by atoms with Crippen molar-refractivity contribution in [1.82, 2.24) is 9.58 Å². The third kappa shape index (κ3) is 3.61. The number of ether oxygens (including phenoxy) is 1. The largest absolute Gasteiger partial charge is 0.502 e. The molecule has 2 bridgehead atoms. The number of rotatable bonds is 2. The predicted molar refractivity (Wildman–Crippen MR) is 125 cm³/mol. The number of fused-ring (bicyclic) bond motifs is 5. The molecule has 0 saturated heterocycles. The van der Waals surface area contributed by atoms with Gasteiger partial charge < -0.3 is 14.7 Å². The van der Waals surface area contributed by atoms with Crippen molar-refractivity contribution in [3.63, 3.8) is 0 Å². The van der Waals surface area contributed by atoms with Gasteiger partial charge in [-0.2, -0.15) is 0 Å². The van der Waals surface area contributed by atoms with Crippen molar-refractivity contribution < 1.29 is 19.0 Å². The second-order valence-corrected chi connectivity index (χ2v) is 8.29. The summed E-state index contributed by atoms with van der Waals surface area (Å²) in [6.45, 7) is 2.33. The fourth-order valence-electron chi connectivity index (χ4n) is 4.63. The molecule has 1 aromatic heterocycles. The molecule has 2 aliphatic rings. The minimum atomic E-state index is -0.628. The fraction of sp³-hybridized carbons (Fsp3) is 0.231. The van der Waals surface area contributed by atoms with Gasteiger partial charge in [-0.1, -0.05) is 43.3 Å². The number of pyridine rings is 1. The predicted octanol–water partition coefficient (Wildman–Crippen LogP) is 3.56. The van der Waals surface area contributed by atoms with Crippen LogP contribution in [0.25, 0.3) is 0 Å². The van der Waals surface area contributed by atoms with Crippen LogP contribution in [0.3, 0.4) is 0 Å². The van der Waals surface area contributed by atoms with E-state index in [9.17, 15) is 19.1 Å². The first-order valence-electron chi connectivity index (χ1n) is 11.2. The highest BCUT2D eigenvalue weighted by Crippen LogP contribution is 2.37. The van der Waals surface area contributed by atoms with Gasteiger partial charge in [-0.05, 0) is 30.2 Å². The third-order valence-corrected chi connectivity index (χ3v) is 6.29. The molecule has 8 heteroatoms. The van der Waals surface area contributed by atoms with Crippen molar-refractivity contribution >= 4 is 5.91 Å². The zero-order chi connectivity index (χ0) is 23.8. The molecule has 2 aromatic carbocycles. The first-order chi connectivity index (χ1) is 16.5. The maximum atomic E-state index is 14.2. The molecule has 2 aliphatic heterocycles. The smallest absolute Gasteiger partial charge is 0.278 e. The van der Waals surface area contributed by atoms with Gasteiger partial charge in [-0.15, -0.1) is 0 Å². The molecule has 174 valence electrons. The highest BCUT2D eigenvalue weighted by Gasteiger charge is 2.39. The van der Waals surface area contributed by atoms with Crippen LogP contribution in [-0.2, 0) is 0 Å². The van der Waals surface area contributed by atoms with E-state index in [1.54, 1.807) is 17.0 Å². The molecule has 5 rings (SSSR count). The zero-order valence-electron chi connectivity index (χ0n) is 18.6. The molecule has 7 nitrogen and oxygen atoms in total. The minimum Gasteiger partial charge on any atom is -0.502 e. The Hall–Kier alpha value is -4.07. The third-order valence-electron chi connectivity index (χ3n) is 6.29. The zero-order valence-corrected chi connectivity index (χ0v) is 18.6. The number of carbonyl (C=O) groups excluding carboxylic acids is 1. The Balaban J connectivity index is 1.82. The molecule has 0 unspecified atom stereocenters. The van der Waals surface area contributed by atoms with Gasteiger partial charge in [0.25, 0.3) is 5.91 Å². The number of halogens is 1. The lowest BCUT2D eigenvalue weighted by Gasteiger charge is -2.45. The monoisotopic (exact) mass is 461 g/mol. The fourth-order valence-corrected chi connectivity index (χ4v) is 4.63. The Morgan fingerprint density at radius 1 is 1.12 bits per heavy atom. The summed E-state index contributed by atoms with van der Waals surface area (Å²) >= 11 is 0. The van der Waals surface area contributed by atoms with Gasteiger partial charge in [0.05, 0.1) is 6.04 Å². The molecule has 0 aliphatic carbocycles. The molecule has 1 amide bonds. The first kappa shape index (κ1) is 21.8. The maximum Gasteiger partial charge on any atom is 0.278 e. The summed E-state index contributed by atoms with van der Waals surface area (Å²) in [4.78, 5) is 27.4. The van der Waals surface area contributed by atoms with Crippen LogP contribution < -0.4 is 15.2 Å². The SMILES string of the molecule is CC[C@@H]1/C=C\COc2cc(F)ccc2[C@H](c2ccccc2)N2CN1C(=O)c1c(O)c(=O)ccn12. The topological polar surface area (TPSA) is 75.0 Å². The highest BCUT2D eigenvalue weighted by atomic mass is 19.1. The maximum absolute atomic E-state index is 14.2. The molecular formula is C26H24FN3O4. The van der Waals surface area contributed by atoms with Gasteiger partial charge in [0.15, 0.2) is 11.4 Å². The number of benzene rings is 2. The van der Waals surface area contributed by atoms with Crippen LogP contribution in [0.2, 0.25) is 0 Å². The van der Waals surface area contributed by atoms with E-state index >= 15 is 0 Å². The van der Waals surface area contributed by atoms with Crippen LogP contribution in [-0.4, -0.2) is 39.9 Å². The second-order valence-electron chi connectivity index (χ2n) is 8.29. The van der Waals surface area contributed by atoms with Crippen molar-refractivity contribution in [1.29, 1.82) is 0 Å². The number of aromatic hydroxyl groups is 1. The summed E-state index contributed by atoms with van der Waals surface area (Å²) in [5, 5.41) is 12.5. The normalized spacial score (nSPS) is 20.6. The number of nitrogens with zero attached hydrogens (tertiary/aromatic N) is 3. The second kappa shape index (κ2) is 8.70. The number of amides is 1. The van der Waals surface area contributed by atoms with Gasteiger partial charge >= 0.3 is 0 Å². The van der Waals surface area contributed by atoms with Crippen LogP contribution in [0.5, 0.6) is 11.5 Å². The van der Waals surface area contributed by atoms with Crippen LogP contribution in [0.1, 0.15) is 41.0 Å². The molecule has 1 N–H and O–H groups in total. The highest BCUT2D eigenvalue weighted by molar-refractivity contribution is 5.96. The lowest BCUT2D eigenvalue weighted by Crippen LogP contribution is -2.57. The Morgan fingerprint density at radius 3 is 2.68 bits per heavy atom. The standard InChI is InChI=1S/C26H24FN3O4/c1-2-19-9-6-14-34-22-15-18(27)10-11-20(22)23(17-7-4-3-5-8-17)30-16-28(19)26(33)24-25(32)21(31)12-13-29(24)30/h3-13,15,19,23,32H,2,14,16H2,1H3/b9-6-/t19-,23+/m1/s1. The van der Waals surface area contributed by atoms with Crippen molar-refractivity contribution in [3.05, 3.63) is 106 Å². The molecule has 34 heavy (non-hydrogen) atoms. The summed E-state index contributed by atoms with van der Waals surface area (Å²) in [7, 11) is 0. The summed E-state index contributed by atoms with van der Waals surface area (Å²) in [6.07, 6.45) is 5.77. The van der Waals surface area contributed by atoms with Crippen LogP contribution in [0.15, 0.2) is 77.7 Å². The van der Waals surface area contributed by atoms with Gasteiger partial charge in [-0.3, -0.25) is 19.3 Å². The molecular weight excluding hydrogens is 437 g/mol. The number of hydrogen-bond donors (Lipinski definition) is 1. The lowest BCUT2D eigenvalue weighted by atomic mass is 9.96. The van der Waals surface area contributed by atoms with E-state index < -0.39 is 28.9 Å². The van der Waals surface area contributed by atoms with E-state index in [0.29, 0.717) is 17.7 Å². The molecule has 0 fully saturated rings. The lowest BCUT2D eigenvalue weighted by molar-refractivity contribution is 0.0626. The van der Waals surface area contributed by atoms with Crippen LogP contribution in [0, 0.1) is 5.82 Å². The molecule has 0 spiro atoms. The van der Waals surface area contributed by atoms with Gasteiger partial charge in [0.2, 0.25) is 5.43 Å². The van der Waals surface area contributed by atoms with Crippen LogP contribution >= 0.6 is 0 Å². The van der Waals surface area contributed by atoms with E-state index in [4.69, 9.17) is 4.74 Å². The quantitative estimate of drug-likeness (QED) is 0.591. The average Bonchev–Trinajstić information content (AvgIpc) is 2.87. The van der Waals surface area contributed by atoms with Crippen molar-refractivity contribution in [2.24, 2.45) is 0 Å². The Morgan fingerprint density at radius 2 is 1.91 bits per heavy atom. The van der Waals surface area contributed by atoms with E-state index in [1.807, 2.05) is 48.3 Å². The summed E-state index contributed by atoms with van der Waals surface area (Å²) in [5.74, 6) is -1.08. The van der Waals surface area contributed by atoms with Gasteiger partial charge in [0, 0.05) is 23.9 Å². The molecule has 2 atom stereocenters.